The highest BCUT2D eigenvalue weighted by atomic mass is 35.5. The molecule has 0 N–H and O–H groups in total. The fraction of sp³-hybridized carbons (Fsp3) is 0.381. The molecule has 0 atom stereocenters. The number of benzene rings is 2. The fourth-order valence-electron chi connectivity index (χ4n) is 3.19. The number of ether oxygens (including phenoxy) is 7. The Balaban J connectivity index is 3.10. The number of methoxy groups -OCH3 is 6. The zero-order valence-electron chi connectivity index (χ0n) is 18.0. The second kappa shape index (κ2) is 10.2. The van der Waals surface area contributed by atoms with Gasteiger partial charge >= 0.3 is 5.97 Å². The van der Waals surface area contributed by atoms with Crippen LogP contribution in [0, 0.1) is 0 Å². The summed E-state index contributed by atoms with van der Waals surface area (Å²) in [5.41, 5.74) is 1.52. The number of rotatable bonds is 9. The van der Waals surface area contributed by atoms with Crippen LogP contribution in [-0.2, 0) is 10.7 Å². The quantitative estimate of drug-likeness (QED) is 0.328. The lowest BCUT2D eigenvalue weighted by atomic mass is 9.95. The van der Waals surface area contributed by atoms with E-state index in [4.69, 9.17) is 44.8 Å². The molecule has 9 heteroatoms. The summed E-state index contributed by atoms with van der Waals surface area (Å²) < 4.78 is 38.6. The van der Waals surface area contributed by atoms with Gasteiger partial charge in [-0.3, -0.25) is 4.79 Å². The maximum atomic E-state index is 11.8. The monoisotopic (exact) mass is 440 g/mol. The largest absolute Gasteiger partial charge is 0.493 e. The Kier molecular flexibility index (Phi) is 7.88. The van der Waals surface area contributed by atoms with E-state index in [2.05, 4.69) is 0 Å². The Morgan fingerprint density at radius 1 is 0.700 bits per heavy atom. The zero-order valence-corrected chi connectivity index (χ0v) is 18.8. The van der Waals surface area contributed by atoms with Crippen molar-refractivity contribution in [2.45, 2.75) is 12.8 Å². The average Bonchev–Trinajstić information content (AvgIpc) is 2.75. The van der Waals surface area contributed by atoms with Crippen LogP contribution in [0.25, 0.3) is 11.1 Å². The van der Waals surface area contributed by atoms with Crippen LogP contribution < -0.4 is 33.2 Å². The summed E-state index contributed by atoms with van der Waals surface area (Å²) in [6.07, 6.45) is 0. The smallest absolute Gasteiger partial charge is 0.308 e. The number of carbonyl (C=O) groups excluding carboxylic acids is 1. The second-order valence-electron chi connectivity index (χ2n) is 5.93. The van der Waals surface area contributed by atoms with Gasteiger partial charge in [-0.1, -0.05) is 0 Å². The van der Waals surface area contributed by atoms with Gasteiger partial charge < -0.3 is 33.2 Å². The van der Waals surface area contributed by atoms with Crippen LogP contribution in [-0.4, -0.2) is 48.6 Å². The van der Waals surface area contributed by atoms with Crippen LogP contribution >= 0.6 is 11.6 Å². The van der Waals surface area contributed by atoms with E-state index in [1.807, 2.05) is 0 Å². The summed E-state index contributed by atoms with van der Waals surface area (Å²) in [7, 11) is 8.89. The van der Waals surface area contributed by atoms with Crippen molar-refractivity contribution >= 4 is 17.6 Å². The number of carbonyl (C=O) groups is 1. The standard InChI is InChI=1S/C21H25ClO8/c1-11(23)30-13-9-15(25-3)19(27-5)21(29-7)17(13)16-12(10-22)8-14(24-2)18(26-4)20(16)28-6/h8-9H,10H2,1-7H3. The Labute approximate surface area is 180 Å². The van der Waals surface area contributed by atoms with Gasteiger partial charge in [-0.05, 0) is 11.6 Å². The molecule has 0 bridgehead atoms. The maximum absolute atomic E-state index is 11.8. The Hall–Kier alpha value is -3.00. The molecule has 0 aliphatic rings. The molecule has 0 saturated heterocycles. The first-order chi connectivity index (χ1) is 14.4. The third-order valence-corrected chi connectivity index (χ3v) is 4.64. The van der Waals surface area contributed by atoms with Crippen molar-refractivity contribution in [3.05, 3.63) is 17.7 Å². The summed E-state index contributed by atoms with van der Waals surface area (Å²) in [6.45, 7) is 1.29. The zero-order chi connectivity index (χ0) is 22.4. The topological polar surface area (TPSA) is 81.7 Å². The number of hydrogen-bond acceptors (Lipinski definition) is 8. The highest BCUT2D eigenvalue weighted by molar-refractivity contribution is 6.17. The van der Waals surface area contributed by atoms with E-state index in [0.29, 0.717) is 45.4 Å². The average molecular weight is 441 g/mol. The summed E-state index contributed by atoms with van der Waals surface area (Å²) in [4.78, 5) is 11.8. The highest BCUT2D eigenvalue weighted by Crippen LogP contribution is 2.56. The number of esters is 1. The van der Waals surface area contributed by atoms with E-state index in [1.165, 1.54) is 55.6 Å². The van der Waals surface area contributed by atoms with E-state index in [0.717, 1.165) is 0 Å². The molecule has 30 heavy (non-hydrogen) atoms. The number of alkyl halides is 1. The molecule has 0 saturated carbocycles. The van der Waals surface area contributed by atoms with E-state index in [-0.39, 0.29) is 17.4 Å². The normalized spacial score (nSPS) is 10.3. The van der Waals surface area contributed by atoms with Gasteiger partial charge in [0.1, 0.15) is 5.75 Å². The van der Waals surface area contributed by atoms with Crippen molar-refractivity contribution < 1.29 is 38.0 Å². The lowest BCUT2D eigenvalue weighted by Gasteiger charge is -2.23. The minimum atomic E-state index is -0.530. The van der Waals surface area contributed by atoms with Gasteiger partial charge in [0, 0.05) is 24.4 Å². The van der Waals surface area contributed by atoms with Crippen molar-refractivity contribution in [2.75, 3.05) is 42.7 Å². The molecule has 164 valence electrons. The Bertz CT molecular complexity index is 926. The van der Waals surface area contributed by atoms with E-state index >= 15 is 0 Å². The minimum absolute atomic E-state index is 0.100. The van der Waals surface area contributed by atoms with Crippen LogP contribution in [0.4, 0.5) is 0 Å². The van der Waals surface area contributed by atoms with Crippen LogP contribution in [0.5, 0.6) is 40.2 Å². The predicted octanol–water partition coefficient (Wildman–Crippen LogP) is 4.07. The first-order valence-corrected chi connectivity index (χ1v) is 9.35. The SMILES string of the molecule is COc1cc(CCl)c(-c2c(OC(C)=O)cc(OC)c(OC)c2OC)c(OC)c1OC. The molecule has 8 nitrogen and oxygen atoms in total. The molecule has 0 aliphatic heterocycles. The summed E-state index contributed by atoms with van der Waals surface area (Å²) in [6, 6.07) is 3.25. The first-order valence-electron chi connectivity index (χ1n) is 8.81. The van der Waals surface area contributed by atoms with Crippen LogP contribution in [0.2, 0.25) is 0 Å². The molecule has 2 aromatic rings. The molecule has 0 radical (unpaired) electrons. The molecule has 0 heterocycles. The third kappa shape index (κ3) is 4.14. The first kappa shape index (κ1) is 23.3. The molecule has 0 amide bonds. The van der Waals surface area contributed by atoms with Crippen molar-refractivity contribution in [1.82, 2.24) is 0 Å². The Morgan fingerprint density at radius 3 is 1.57 bits per heavy atom. The highest BCUT2D eigenvalue weighted by Gasteiger charge is 2.30. The lowest BCUT2D eigenvalue weighted by Crippen LogP contribution is -2.07. The van der Waals surface area contributed by atoms with Gasteiger partial charge in [0.15, 0.2) is 23.0 Å². The number of halogens is 1. The molecule has 0 aromatic heterocycles. The van der Waals surface area contributed by atoms with Gasteiger partial charge in [0.2, 0.25) is 11.5 Å². The number of hydrogen-bond donors (Lipinski definition) is 0. The predicted molar refractivity (Wildman–Crippen MR) is 112 cm³/mol. The van der Waals surface area contributed by atoms with Gasteiger partial charge in [-0.15, -0.1) is 11.6 Å². The molecule has 0 spiro atoms. The summed E-state index contributed by atoms with van der Waals surface area (Å²) in [5, 5.41) is 0. The van der Waals surface area contributed by atoms with E-state index in [9.17, 15) is 4.79 Å². The molecule has 2 aromatic carbocycles. The van der Waals surface area contributed by atoms with Gasteiger partial charge in [0.25, 0.3) is 0 Å². The molecular weight excluding hydrogens is 416 g/mol. The molecule has 0 unspecified atom stereocenters. The lowest BCUT2D eigenvalue weighted by molar-refractivity contribution is -0.131. The maximum Gasteiger partial charge on any atom is 0.308 e. The Morgan fingerprint density at radius 2 is 1.17 bits per heavy atom. The van der Waals surface area contributed by atoms with E-state index in [1.54, 1.807) is 6.07 Å². The van der Waals surface area contributed by atoms with Crippen LogP contribution in [0.15, 0.2) is 12.1 Å². The fourth-order valence-corrected chi connectivity index (χ4v) is 3.40. The summed E-state index contributed by atoms with van der Waals surface area (Å²) >= 11 is 6.26. The van der Waals surface area contributed by atoms with Crippen molar-refractivity contribution in [1.29, 1.82) is 0 Å². The third-order valence-electron chi connectivity index (χ3n) is 4.35. The minimum Gasteiger partial charge on any atom is -0.493 e. The molecule has 2 rings (SSSR count). The van der Waals surface area contributed by atoms with Gasteiger partial charge in [-0.2, -0.15) is 0 Å². The second-order valence-corrected chi connectivity index (χ2v) is 6.19. The molecular formula is C21H25ClO8. The van der Waals surface area contributed by atoms with Crippen LogP contribution in [0.3, 0.4) is 0 Å². The molecule has 0 aliphatic carbocycles. The van der Waals surface area contributed by atoms with E-state index < -0.39 is 5.97 Å². The summed E-state index contributed by atoms with van der Waals surface area (Å²) in [5.74, 6) is 1.74. The van der Waals surface area contributed by atoms with Gasteiger partial charge in [0.05, 0.1) is 48.2 Å². The van der Waals surface area contributed by atoms with Crippen molar-refractivity contribution in [2.24, 2.45) is 0 Å². The van der Waals surface area contributed by atoms with Gasteiger partial charge in [-0.25, -0.2) is 0 Å². The van der Waals surface area contributed by atoms with Crippen molar-refractivity contribution in [3.8, 4) is 51.4 Å². The van der Waals surface area contributed by atoms with Crippen molar-refractivity contribution in [3.63, 3.8) is 0 Å². The molecule has 0 fully saturated rings. The van der Waals surface area contributed by atoms with Crippen LogP contribution in [0.1, 0.15) is 12.5 Å².